The van der Waals surface area contributed by atoms with Crippen LogP contribution in [0.25, 0.3) is 0 Å². The third-order valence-electron chi connectivity index (χ3n) is 1.15. The lowest BCUT2D eigenvalue weighted by atomic mass is 10.4. The molecule has 1 rings (SSSR count). The summed E-state index contributed by atoms with van der Waals surface area (Å²) in [6.07, 6.45) is -4.71. The van der Waals surface area contributed by atoms with Crippen LogP contribution in [0.3, 0.4) is 0 Å². The fourth-order valence-electron chi connectivity index (χ4n) is 0.663. The molecule has 0 atom stereocenters. The molecule has 0 radical (unpaired) electrons. The SMILES string of the molecule is O=S(=O)(F)c1cn[nH]c1C(F)(F)F. The second-order valence-electron chi connectivity index (χ2n) is 2.04. The molecule has 0 bridgehead atoms. The van der Waals surface area contributed by atoms with Crippen LogP contribution in [0.4, 0.5) is 17.1 Å². The number of aromatic nitrogens is 2. The minimum Gasteiger partial charge on any atom is -0.272 e. The van der Waals surface area contributed by atoms with E-state index in [0.717, 1.165) is 0 Å². The predicted octanol–water partition coefficient (Wildman–Crippen LogP) is 1.09. The Hall–Kier alpha value is -1.12. The number of H-pyrrole nitrogens is 1. The number of alkyl halides is 3. The zero-order chi connectivity index (χ0) is 10.3. The normalized spacial score (nSPS) is 13.2. The van der Waals surface area contributed by atoms with E-state index >= 15 is 0 Å². The van der Waals surface area contributed by atoms with Crippen molar-refractivity contribution in [3.8, 4) is 0 Å². The number of halogens is 4. The highest BCUT2D eigenvalue weighted by Gasteiger charge is 2.39. The summed E-state index contributed by atoms with van der Waals surface area (Å²) < 4.78 is 68.2. The molecule has 0 aromatic carbocycles. The first kappa shape index (κ1) is 9.96. The molecule has 0 spiro atoms. The Labute approximate surface area is 69.8 Å². The predicted molar refractivity (Wildman–Crippen MR) is 31.9 cm³/mol. The molecule has 0 aliphatic heterocycles. The van der Waals surface area contributed by atoms with Crippen molar-refractivity contribution in [3.05, 3.63) is 11.9 Å². The number of nitrogens with zero attached hydrogens (tertiary/aromatic N) is 1. The Morgan fingerprint density at radius 2 is 1.92 bits per heavy atom. The van der Waals surface area contributed by atoms with E-state index < -0.39 is 27.0 Å². The molecule has 0 fully saturated rings. The van der Waals surface area contributed by atoms with Crippen LogP contribution < -0.4 is 0 Å². The average Bonchev–Trinajstić information content (AvgIpc) is 2.27. The smallest absolute Gasteiger partial charge is 0.272 e. The minimum absolute atomic E-state index is 0.262. The molecule has 1 aromatic heterocycles. The van der Waals surface area contributed by atoms with Crippen molar-refractivity contribution in [3.63, 3.8) is 0 Å². The van der Waals surface area contributed by atoms with E-state index in [9.17, 15) is 25.5 Å². The van der Waals surface area contributed by atoms with Gasteiger partial charge in [-0.15, -0.1) is 3.89 Å². The Bertz CT molecular complexity index is 406. The summed E-state index contributed by atoms with van der Waals surface area (Å²) in [5, 5.41) is 4.15. The first-order valence-corrected chi connectivity index (χ1v) is 4.16. The van der Waals surface area contributed by atoms with Crippen LogP contribution in [0.5, 0.6) is 0 Å². The summed E-state index contributed by atoms with van der Waals surface area (Å²) in [6.45, 7) is 0. The van der Waals surface area contributed by atoms with Gasteiger partial charge in [0.05, 0.1) is 6.20 Å². The molecule has 74 valence electrons. The Morgan fingerprint density at radius 3 is 2.23 bits per heavy atom. The zero-order valence-electron chi connectivity index (χ0n) is 5.76. The fraction of sp³-hybridized carbons (Fsp3) is 0.250. The summed E-state index contributed by atoms with van der Waals surface area (Å²) >= 11 is 0. The second kappa shape index (κ2) is 2.69. The Balaban J connectivity index is 3.35. The van der Waals surface area contributed by atoms with E-state index in [1.165, 1.54) is 5.10 Å². The van der Waals surface area contributed by atoms with Gasteiger partial charge in [0.25, 0.3) is 0 Å². The molecule has 1 heterocycles. The summed E-state index contributed by atoms with van der Waals surface area (Å²) in [5.41, 5.74) is -1.71. The van der Waals surface area contributed by atoms with Crippen LogP contribution in [0.2, 0.25) is 0 Å². The quantitative estimate of drug-likeness (QED) is 0.566. The third-order valence-corrected chi connectivity index (χ3v) is 1.99. The van der Waals surface area contributed by atoms with Gasteiger partial charge in [-0.1, -0.05) is 0 Å². The summed E-state index contributed by atoms with van der Waals surface area (Å²) in [6, 6.07) is 0. The van der Waals surface area contributed by atoms with E-state index in [4.69, 9.17) is 0 Å². The van der Waals surface area contributed by atoms with E-state index in [0.29, 0.717) is 0 Å². The molecule has 0 aliphatic carbocycles. The van der Waals surface area contributed by atoms with Gasteiger partial charge in [-0.25, -0.2) is 0 Å². The molecular formula is C4H2F4N2O2S. The topological polar surface area (TPSA) is 62.8 Å². The van der Waals surface area contributed by atoms with Crippen molar-refractivity contribution in [2.24, 2.45) is 0 Å². The van der Waals surface area contributed by atoms with Gasteiger partial charge in [-0.2, -0.15) is 26.7 Å². The summed E-state index contributed by atoms with van der Waals surface area (Å²) in [5.74, 6) is 0. The molecule has 0 saturated heterocycles. The van der Waals surface area contributed by atoms with Crippen molar-refractivity contribution in [2.45, 2.75) is 11.1 Å². The molecule has 0 unspecified atom stereocenters. The van der Waals surface area contributed by atoms with Crippen molar-refractivity contribution in [2.75, 3.05) is 0 Å². The lowest BCUT2D eigenvalue weighted by Crippen LogP contribution is -2.10. The van der Waals surface area contributed by atoms with Gasteiger partial charge in [0, 0.05) is 0 Å². The van der Waals surface area contributed by atoms with E-state index in [2.05, 4.69) is 5.10 Å². The van der Waals surface area contributed by atoms with Crippen LogP contribution >= 0.6 is 0 Å². The molecule has 0 amide bonds. The maximum Gasteiger partial charge on any atom is 0.434 e. The second-order valence-corrected chi connectivity index (χ2v) is 3.36. The van der Waals surface area contributed by atoms with Gasteiger partial charge in [0.2, 0.25) is 0 Å². The maximum atomic E-state index is 12.2. The van der Waals surface area contributed by atoms with Crippen LogP contribution in [0.1, 0.15) is 5.69 Å². The molecule has 4 nitrogen and oxygen atoms in total. The van der Waals surface area contributed by atoms with E-state index in [1.807, 2.05) is 0 Å². The van der Waals surface area contributed by atoms with Crippen LogP contribution in [0.15, 0.2) is 11.1 Å². The van der Waals surface area contributed by atoms with Gasteiger partial charge in [0.1, 0.15) is 4.90 Å². The zero-order valence-corrected chi connectivity index (χ0v) is 6.58. The monoisotopic (exact) mass is 218 g/mol. The van der Waals surface area contributed by atoms with Crippen LogP contribution in [0, 0.1) is 0 Å². The molecule has 13 heavy (non-hydrogen) atoms. The third kappa shape index (κ3) is 1.97. The van der Waals surface area contributed by atoms with E-state index in [1.54, 1.807) is 0 Å². The number of hydrogen-bond donors (Lipinski definition) is 1. The average molecular weight is 218 g/mol. The number of rotatable bonds is 1. The van der Waals surface area contributed by atoms with Gasteiger partial charge in [-0.05, 0) is 0 Å². The van der Waals surface area contributed by atoms with Gasteiger partial charge >= 0.3 is 16.4 Å². The Kier molecular flexibility index (Phi) is 2.06. The molecule has 1 N–H and O–H groups in total. The lowest BCUT2D eigenvalue weighted by Gasteiger charge is -2.03. The first-order valence-electron chi connectivity index (χ1n) is 2.78. The first-order chi connectivity index (χ1) is 5.73. The van der Waals surface area contributed by atoms with E-state index in [-0.39, 0.29) is 6.20 Å². The van der Waals surface area contributed by atoms with Crippen LogP contribution in [-0.2, 0) is 16.4 Å². The van der Waals surface area contributed by atoms with Crippen molar-refractivity contribution in [1.29, 1.82) is 0 Å². The van der Waals surface area contributed by atoms with Gasteiger partial charge < -0.3 is 0 Å². The standard InChI is InChI=1S/C4H2F4N2O2S/c5-4(6,7)3-2(1-9-10-3)13(8,11)12/h1H,(H,9,10). The fourth-order valence-corrected chi connectivity index (χ4v) is 1.25. The highest BCUT2D eigenvalue weighted by atomic mass is 32.3. The largest absolute Gasteiger partial charge is 0.434 e. The van der Waals surface area contributed by atoms with Crippen molar-refractivity contribution >= 4 is 10.2 Å². The number of aromatic amines is 1. The number of nitrogens with one attached hydrogen (secondary N) is 1. The lowest BCUT2D eigenvalue weighted by molar-refractivity contribution is -0.143. The maximum absolute atomic E-state index is 12.2. The molecular weight excluding hydrogens is 216 g/mol. The molecule has 9 heteroatoms. The van der Waals surface area contributed by atoms with Gasteiger partial charge in [-0.3, -0.25) is 5.10 Å². The molecule has 0 aliphatic rings. The van der Waals surface area contributed by atoms with Gasteiger partial charge in [0.15, 0.2) is 5.69 Å². The molecule has 0 saturated carbocycles. The highest BCUT2D eigenvalue weighted by Crippen LogP contribution is 2.32. The highest BCUT2D eigenvalue weighted by molar-refractivity contribution is 7.86. The minimum atomic E-state index is -5.39. The Morgan fingerprint density at radius 1 is 1.38 bits per heavy atom. The van der Waals surface area contributed by atoms with Crippen molar-refractivity contribution in [1.82, 2.24) is 10.2 Å². The summed E-state index contributed by atoms with van der Waals surface area (Å²) in [7, 11) is -5.39. The molecule has 1 aromatic rings. The van der Waals surface area contributed by atoms with Crippen molar-refractivity contribution < 1.29 is 25.5 Å². The van der Waals surface area contributed by atoms with Crippen LogP contribution in [-0.4, -0.2) is 18.6 Å². The number of hydrogen-bond acceptors (Lipinski definition) is 3. The summed E-state index contributed by atoms with van der Waals surface area (Å²) in [4.78, 5) is -1.50.